The lowest BCUT2D eigenvalue weighted by atomic mass is 10.0. The molecular weight excluding hydrogens is 334 g/mol. The molecule has 2 fully saturated rings. The number of rotatable bonds is 3. The normalized spacial score (nSPS) is 26.4. The van der Waals surface area contributed by atoms with Crippen molar-refractivity contribution in [3.05, 3.63) is 20.3 Å². The molecule has 3 nitrogen and oxygen atoms in total. The van der Waals surface area contributed by atoms with Gasteiger partial charge in [0.1, 0.15) is 0 Å². The van der Waals surface area contributed by atoms with E-state index in [1.54, 1.807) is 0 Å². The molecule has 20 heavy (non-hydrogen) atoms. The predicted molar refractivity (Wildman–Crippen MR) is 89.2 cm³/mol. The molecule has 112 valence electrons. The third kappa shape index (κ3) is 3.45. The van der Waals surface area contributed by atoms with Gasteiger partial charge in [0, 0.05) is 45.9 Å². The van der Waals surface area contributed by atoms with Gasteiger partial charge in [-0.25, -0.2) is 0 Å². The third-order valence-electron chi connectivity index (χ3n) is 4.63. The highest BCUT2D eigenvalue weighted by Crippen LogP contribution is 2.29. The Hall–Kier alpha value is 0.0600. The van der Waals surface area contributed by atoms with E-state index in [1.165, 1.54) is 59.7 Å². The summed E-state index contributed by atoms with van der Waals surface area (Å²) in [5.74, 6) is 0. The van der Waals surface area contributed by atoms with Crippen molar-refractivity contribution in [2.45, 2.75) is 44.8 Å². The van der Waals surface area contributed by atoms with Gasteiger partial charge < -0.3 is 5.73 Å². The van der Waals surface area contributed by atoms with Crippen LogP contribution in [0.2, 0.25) is 0 Å². The van der Waals surface area contributed by atoms with Crippen molar-refractivity contribution in [1.82, 2.24) is 9.80 Å². The molecule has 1 aromatic heterocycles. The summed E-state index contributed by atoms with van der Waals surface area (Å²) in [7, 11) is 0. The first kappa shape index (κ1) is 15.0. The average molecular weight is 358 g/mol. The lowest BCUT2D eigenvalue weighted by Gasteiger charge is -2.34. The molecule has 0 spiro atoms. The Morgan fingerprint density at radius 2 is 2.05 bits per heavy atom. The molecule has 3 heterocycles. The molecule has 0 bridgehead atoms. The van der Waals surface area contributed by atoms with Crippen LogP contribution in [0.3, 0.4) is 0 Å². The minimum atomic E-state index is 0.440. The van der Waals surface area contributed by atoms with E-state index in [9.17, 15) is 0 Å². The molecule has 3 rings (SSSR count). The predicted octanol–water partition coefficient (Wildman–Crippen LogP) is 2.82. The number of hydrogen-bond acceptors (Lipinski definition) is 4. The number of likely N-dealkylation sites (tertiary alicyclic amines) is 2. The van der Waals surface area contributed by atoms with Crippen LogP contribution in [-0.4, -0.2) is 48.1 Å². The number of halogens is 1. The van der Waals surface area contributed by atoms with E-state index in [4.69, 9.17) is 5.73 Å². The second-order valence-corrected chi connectivity index (χ2v) is 8.36. The van der Waals surface area contributed by atoms with E-state index in [-0.39, 0.29) is 0 Å². The number of hydrogen-bond donors (Lipinski definition) is 1. The van der Waals surface area contributed by atoms with Crippen LogP contribution in [0.1, 0.15) is 29.0 Å². The van der Waals surface area contributed by atoms with Crippen molar-refractivity contribution >= 4 is 27.3 Å². The van der Waals surface area contributed by atoms with Crippen LogP contribution in [0.15, 0.2) is 10.5 Å². The van der Waals surface area contributed by atoms with Crippen LogP contribution in [0.25, 0.3) is 0 Å². The first-order valence-corrected chi connectivity index (χ1v) is 9.19. The molecule has 0 amide bonds. The maximum absolute atomic E-state index is 6.00. The van der Waals surface area contributed by atoms with Crippen LogP contribution in [0, 0.1) is 6.92 Å². The molecule has 1 aromatic rings. The molecule has 0 aromatic carbocycles. The second-order valence-electron chi connectivity index (χ2n) is 6.17. The SMILES string of the molecule is Cc1sc(CN2CCC(N3CCC(N)CC3)C2)cc1Br. The van der Waals surface area contributed by atoms with Crippen molar-refractivity contribution in [1.29, 1.82) is 0 Å². The first-order chi connectivity index (χ1) is 9.61. The van der Waals surface area contributed by atoms with Crippen LogP contribution < -0.4 is 5.73 Å². The van der Waals surface area contributed by atoms with Gasteiger partial charge in [-0.05, 0) is 61.3 Å². The summed E-state index contributed by atoms with van der Waals surface area (Å²) in [6.07, 6.45) is 3.67. The maximum Gasteiger partial charge on any atom is 0.0329 e. The van der Waals surface area contributed by atoms with Crippen molar-refractivity contribution < 1.29 is 0 Å². The van der Waals surface area contributed by atoms with Gasteiger partial charge in [-0.3, -0.25) is 9.80 Å². The van der Waals surface area contributed by atoms with Crippen LogP contribution in [0.4, 0.5) is 0 Å². The van der Waals surface area contributed by atoms with E-state index < -0.39 is 0 Å². The second kappa shape index (κ2) is 6.44. The summed E-state index contributed by atoms with van der Waals surface area (Å²) in [4.78, 5) is 8.15. The molecule has 2 aliphatic rings. The van der Waals surface area contributed by atoms with Gasteiger partial charge in [-0.15, -0.1) is 11.3 Å². The van der Waals surface area contributed by atoms with E-state index in [2.05, 4.69) is 38.7 Å². The Bertz CT molecular complexity index is 434. The van der Waals surface area contributed by atoms with E-state index in [0.717, 1.165) is 12.6 Å². The van der Waals surface area contributed by atoms with E-state index in [1.807, 2.05) is 11.3 Å². The van der Waals surface area contributed by atoms with Crippen molar-refractivity contribution in [2.24, 2.45) is 5.73 Å². The molecule has 5 heteroatoms. The summed E-state index contributed by atoms with van der Waals surface area (Å²) in [6.45, 7) is 8.15. The molecule has 2 aliphatic heterocycles. The smallest absolute Gasteiger partial charge is 0.0329 e. The Morgan fingerprint density at radius 3 is 2.70 bits per heavy atom. The Balaban J connectivity index is 1.52. The van der Waals surface area contributed by atoms with Gasteiger partial charge in [-0.1, -0.05) is 0 Å². The third-order valence-corrected chi connectivity index (χ3v) is 6.75. The first-order valence-electron chi connectivity index (χ1n) is 7.58. The van der Waals surface area contributed by atoms with Gasteiger partial charge in [0.25, 0.3) is 0 Å². The number of nitrogens with two attached hydrogens (primary N) is 1. The van der Waals surface area contributed by atoms with Gasteiger partial charge in [-0.2, -0.15) is 0 Å². The molecule has 0 aliphatic carbocycles. The number of thiophene rings is 1. The zero-order chi connectivity index (χ0) is 14.1. The molecule has 0 radical (unpaired) electrons. The Kier molecular flexibility index (Phi) is 4.82. The molecule has 2 N–H and O–H groups in total. The highest BCUT2D eigenvalue weighted by molar-refractivity contribution is 9.10. The fraction of sp³-hybridized carbons (Fsp3) is 0.733. The number of nitrogens with zero attached hydrogens (tertiary/aromatic N) is 2. The molecule has 1 unspecified atom stereocenters. The zero-order valence-corrected chi connectivity index (χ0v) is 14.5. The Morgan fingerprint density at radius 1 is 1.30 bits per heavy atom. The fourth-order valence-electron chi connectivity index (χ4n) is 3.35. The van der Waals surface area contributed by atoms with Crippen LogP contribution in [0.5, 0.6) is 0 Å². The van der Waals surface area contributed by atoms with Crippen LogP contribution >= 0.6 is 27.3 Å². The number of aryl methyl sites for hydroxylation is 1. The van der Waals surface area contributed by atoms with Crippen molar-refractivity contribution in [2.75, 3.05) is 26.2 Å². The van der Waals surface area contributed by atoms with E-state index in [0.29, 0.717) is 6.04 Å². The zero-order valence-electron chi connectivity index (χ0n) is 12.1. The lowest BCUT2D eigenvalue weighted by Crippen LogP contribution is -2.45. The monoisotopic (exact) mass is 357 g/mol. The number of piperidine rings is 1. The Labute approximate surface area is 134 Å². The quantitative estimate of drug-likeness (QED) is 0.902. The molecule has 0 saturated carbocycles. The highest BCUT2D eigenvalue weighted by Gasteiger charge is 2.29. The summed E-state index contributed by atoms with van der Waals surface area (Å²) >= 11 is 5.54. The van der Waals surface area contributed by atoms with Gasteiger partial charge >= 0.3 is 0 Å². The van der Waals surface area contributed by atoms with Gasteiger partial charge in [0.2, 0.25) is 0 Å². The van der Waals surface area contributed by atoms with Gasteiger partial charge in [0.15, 0.2) is 0 Å². The standard InChI is InChI=1S/C15H24BrN3S/c1-11-15(16)8-14(20-11)10-18-5-4-13(9-18)19-6-2-12(17)3-7-19/h8,12-13H,2-7,9-10,17H2,1H3. The lowest BCUT2D eigenvalue weighted by molar-refractivity contribution is 0.152. The van der Waals surface area contributed by atoms with Gasteiger partial charge in [0.05, 0.1) is 0 Å². The largest absolute Gasteiger partial charge is 0.328 e. The summed E-state index contributed by atoms with van der Waals surface area (Å²) < 4.78 is 1.26. The summed E-state index contributed by atoms with van der Waals surface area (Å²) in [5.41, 5.74) is 6.00. The summed E-state index contributed by atoms with van der Waals surface area (Å²) in [5, 5.41) is 0. The fourth-order valence-corrected chi connectivity index (χ4v) is 5.00. The average Bonchev–Trinajstić information content (AvgIpc) is 2.99. The topological polar surface area (TPSA) is 32.5 Å². The van der Waals surface area contributed by atoms with E-state index >= 15 is 0 Å². The highest BCUT2D eigenvalue weighted by atomic mass is 79.9. The van der Waals surface area contributed by atoms with Crippen molar-refractivity contribution in [3.8, 4) is 0 Å². The molecule has 2 saturated heterocycles. The molecular formula is C15H24BrN3S. The van der Waals surface area contributed by atoms with Crippen LogP contribution in [-0.2, 0) is 6.54 Å². The molecule has 1 atom stereocenters. The minimum Gasteiger partial charge on any atom is -0.328 e. The maximum atomic E-state index is 6.00. The minimum absolute atomic E-state index is 0.440. The summed E-state index contributed by atoms with van der Waals surface area (Å²) in [6, 6.07) is 3.48. The van der Waals surface area contributed by atoms with Crippen molar-refractivity contribution in [3.63, 3.8) is 0 Å².